The summed E-state index contributed by atoms with van der Waals surface area (Å²) < 4.78 is 5.68. The summed E-state index contributed by atoms with van der Waals surface area (Å²) in [5.74, 6) is 0. The van der Waals surface area contributed by atoms with Gasteiger partial charge in [0.15, 0.2) is 0 Å². The van der Waals surface area contributed by atoms with Crippen LogP contribution in [-0.4, -0.2) is 12.7 Å². The van der Waals surface area contributed by atoms with Gasteiger partial charge in [0.2, 0.25) is 0 Å². The molecule has 68 valence electrons. The molecular weight excluding hydrogens is 148 g/mol. The summed E-state index contributed by atoms with van der Waals surface area (Å²) in [4.78, 5) is 0. The third-order valence-electron chi connectivity index (χ3n) is 3.41. The van der Waals surface area contributed by atoms with Gasteiger partial charge in [-0.2, -0.15) is 0 Å². The van der Waals surface area contributed by atoms with E-state index < -0.39 is 0 Å². The lowest BCUT2D eigenvalue weighted by Gasteiger charge is -2.31. The summed E-state index contributed by atoms with van der Waals surface area (Å²) in [5, 5.41) is 0. The highest BCUT2D eigenvalue weighted by atomic mass is 16.5. The summed E-state index contributed by atoms with van der Waals surface area (Å²) in [5.41, 5.74) is 0.553. The molecule has 1 aliphatic heterocycles. The molecule has 1 nitrogen and oxygen atoms in total. The molecule has 2 rings (SSSR count). The molecule has 1 saturated heterocycles. The maximum atomic E-state index is 5.68. The minimum atomic E-state index is 0.350. The summed E-state index contributed by atoms with van der Waals surface area (Å²) in [6.45, 7) is 4.79. The zero-order valence-corrected chi connectivity index (χ0v) is 7.72. The fraction of sp³-hybridized carbons (Fsp3) is 0.818. The highest BCUT2D eigenvalue weighted by molar-refractivity contribution is 4.95. The third-order valence-corrected chi connectivity index (χ3v) is 3.41. The van der Waals surface area contributed by atoms with Crippen LogP contribution in [-0.2, 0) is 4.74 Å². The lowest BCUT2D eigenvalue weighted by molar-refractivity contribution is 0.103. The van der Waals surface area contributed by atoms with E-state index in [2.05, 4.69) is 6.58 Å². The van der Waals surface area contributed by atoms with E-state index in [9.17, 15) is 0 Å². The molecule has 2 aliphatic rings. The van der Waals surface area contributed by atoms with Crippen molar-refractivity contribution in [3.05, 3.63) is 12.7 Å². The molecule has 0 N–H and O–H groups in total. The molecule has 0 bridgehead atoms. The molecule has 1 heteroatoms. The van der Waals surface area contributed by atoms with Gasteiger partial charge in [-0.25, -0.2) is 0 Å². The molecule has 0 aromatic rings. The highest BCUT2D eigenvalue weighted by Gasteiger charge is 2.39. The first-order valence-corrected chi connectivity index (χ1v) is 5.09. The Kier molecular flexibility index (Phi) is 2.22. The monoisotopic (exact) mass is 166 g/mol. The zero-order chi connectivity index (χ0) is 8.44. The van der Waals surface area contributed by atoms with E-state index >= 15 is 0 Å². The van der Waals surface area contributed by atoms with Gasteiger partial charge in [-0.3, -0.25) is 0 Å². The number of rotatable bonds is 1. The summed E-state index contributed by atoms with van der Waals surface area (Å²) in [6, 6.07) is 0. The van der Waals surface area contributed by atoms with E-state index in [0.29, 0.717) is 11.5 Å². The van der Waals surface area contributed by atoms with Gasteiger partial charge in [0.25, 0.3) is 0 Å². The van der Waals surface area contributed by atoms with Crippen molar-refractivity contribution in [3.63, 3.8) is 0 Å². The third kappa shape index (κ3) is 1.42. The van der Waals surface area contributed by atoms with Gasteiger partial charge in [-0.1, -0.05) is 25.3 Å². The van der Waals surface area contributed by atoms with Crippen LogP contribution in [0.25, 0.3) is 0 Å². The molecule has 0 radical (unpaired) electrons. The Hall–Kier alpha value is -0.300. The van der Waals surface area contributed by atoms with E-state index in [1.807, 2.05) is 6.08 Å². The van der Waals surface area contributed by atoms with Crippen molar-refractivity contribution in [3.8, 4) is 0 Å². The smallest absolute Gasteiger partial charge is 0.0759 e. The maximum Gasteiger partial charge on any atom is 0.0759 e. The Morgan fingerprint density at radius 2 is 2.00 bits per heavy atom. The van der Waals surface area contributed by atoms with E-state index in [0.717, 1.165) is 6.61 Å². The van der Waals surface area contributed by atoms with Crippen molar-refractivity contribution in [2.75, 3.05) is 6.61 Å². The fourth-order valence-corrected chi connectivity index (χ4v) is 2.63. The molecule has 1 spiro atoms. The first-order valence-electron chi connectivity index (χ1n) is 5.09. The molecule has 0 unspecified atom stereocenters. The van der Waals surface area contributed by atoms with Crippen LogP contribution in [0.1, 0.15) is 38.5 Å². The van der Waals surface area contributed by atoms with Gasteiger partial charge in [0.05, 0.1) is 12.7 Å². The average Bonchev–Trinajstić information content (AvgIpc) is 2.50. The van der Waals surface area contributed by atoms with Crippen LogP contribution in [0.4, 0.5) is 0 Å². The van der Waals surface area contributed by atoms with Crippen LogP contribution in [0.3, 0.4) is 0 Å². The SMILES string of the molecule is C=C[C@@H]1CC2(CCCCC2)CO1. The minimum absolute atomic E-state index is 0.350. The molecule has 1 aliphatic carbocycles. The van der Waals surface area contributed by atoms with Crippen LogP contribution >= 0.6 is 0 Å². The second-order valence-corrected chi connectivity index (χ2v) is 4.35. The first kappa shape index (κ1) is 8.31. The van der Waals surface area contributed by atoms with Crippen LogP contribution in [0.2, 0.25) is 0 Å². The van der Waals surface area contributed by atoms with Gasteiger partial charge in [0, 0.05) is 0 Å². The Morgan fingerprint density at radius 1 is 1.25 bits per heavy atom. The number of hydrogen-bond acceptors (Lipinski definition) is 1. The molecule has 0 aromatic heterocycles. The topological polar surface area (TPSA) is 9.23 Å². The molecule has 0 aromatic carbocycles. The quantitative estimate of drug-likeness (QED) is 0.544. The van der Waals surface area contributed by atoms with E-state index in [-0.39, 0.29) is 0 Å². The van der Waals surface area contributed by atoms with Crippen molar-refractivity contribution < 1.29 is 4.74 Å². The normalized spacial score (nSPS) is 33.8. The lowest BCUT2D eigenvalue weighted by Crippen LogP contribution is -2.24. The van der Waals surface area contributed by atoms with Crippen LogP contribution in [0.5, 0.6) is 0 Å². The Labute approximate surface area is 74.8 Å². The molecule has 1 saturated carbocycles. The van der Waals surface area contributed by atoms with Gasteiger partial charge in [-0.15, -0.1) is 6.58 Å². The predicted octanol–water partition coefficient (Wildman–Crippen LogP) is 2.91. The van der Waals surface area contributed by atoms with E-state index in [1.165, 1.54) is 38.5 Å². The van der Waals surface area contributed by atoms with E-state index in [4.69, 9.17) is 4.74 Å². The van der Waals surface area contributed by atoms with Gasteiger partial charge in [0.1, 0.15) is 0 Å². The van der Waals surface area contributed by atoms with Crippen molar-refractivity contribution in [1.82, 2.24) is 0 Å². The lowest BCUT2D eigenvalue weighted by atomic mass is 9.73. The van der Waals surface area contributed by atoms with Crippen molar-refractivity contribution in [1.29, 1.82) is 0 Å². The predicted molar refractivity (Wildman–Crippen MR) is 50.1 cm³/mol. The molecular formula is C11H18O. The minimum Gasteiger partial charge on any atom is -0.374 e. The van der Waals surface area contributed by atoms with Crippen molar-refractivity contribution in [2.24, 2.45) is 5.41 Å². The Balaban J connectivity index is 1.98. The Morgan fingerprint density at radius 3 is 2.58 bits per heavy atom. The van der Waals surface area contributed by atoms with Crippen LogP contribution in [0, 0.1) is 5.41 Å². The molecule has 1 atom stereocenters. The fourth-order valence-electron chi connectivity index (χ4n) is 2.63. The second kappa shape index (κ2) is 3.21. The van der Waals surface area contributed by atoms with Gasteiger partial charge in [-0.05, 0) is 24.7 Å². The molecule has 12 heavy (non-hydrogen) atoms. The van der Waals surface area contributed by atoms with Crippen molar-refractivity contribution >= 4 is 0 Å². The summed E-state index contributed by atoms with van der Waals surface area (Å²) >= 11 is 0. The van der Waals surface area contributed by atoms with Crippen LogP contribution in [0.15, 0.2) is 12.7 Å². The van der Waals surface area contributed by atoms with Gasteiger partial charge < -0.3 is 4.74 Å². The zero-order valence-electron chi connectivity index (χ0n) is 7.72. The molecule has 0 amide bonds. The Bertz CT molecular complexity index is 168. The average molecular weight is 166 g/mol. The number of hydrogen-bond donors (Lipinski definition) is 0. The summed E-state index contributed by atoms with van der Waals surface area (Å²) in [6.07, 6.45) is 10.6. The van der Waals surface area contributed by atoms with Crippen LogP contribution < -0.4 is 0 Å². The maximum absolute atomic E-state index is 5.68. The molecule has 1 heterocycles. The van der Waals surface area contributed by atoms with E-state index in [1.54, 1.807) is 0 Å². The highest BCUT2D eigenvalue weighted by Crippen LogP contribution is 2.45. The second-order valence-electron chi connectivity index (χ2n) is 4.35. The first-order chi connectivity index (χ1) is 5.85. The standard InChI is InChI=1S/C11H18O/c1-2-10-8-11(9-12-10)6-4-3-5-7-11/h2,10H,1,3-9H2/t10-/m1/s1. The van der Waals surface area contributed by atoms with Crippen molar-refractivity contribution in [2.45, 2.75) is 44.6 Å². The number of ether oxygens (including phenoxy) is 1. The molecule has 2 fully saturated rings. The van der Waals surface area contributed by atoms with Gasteiger partial charge >= 0.3 is 0 Å². The largest absolute Gasteiger partial charge is 0.374 e. The summed E-state index contributed by atoms with van der Waals surface area (Å²) in [7, 11) is 0.